The fourth-order valence-electron chi connectivity index (χ4n) is 2.46. The predicted octanol–water partition coefficient (Wildman–Crippen LogP) is 0.705. The standard InChI is InChI=1S/C15H20N4O4/c1-3-19-7-12(6-16-19)22-14-9-21-8-13(14)17-15(20)5-11-4-10(2)23-18-11/h4,6-7,13-14H,3,5,8-9H2,1-2H3,(H,17,20)/t13-,14+/m0/s1. The lowest BCUT2D eigenvalue weighted by Crippen LogP contribution is -2.45. The molecule has 0 aliphatic carbocycles. The van der Waals surface area contributed by atoms with Crippen LogP contribution in [0.15, 0.2) is 23.0 Å². The van der Waals surface area contributed by atoms with Crippen LogP contribution in [0.2, 0.25) is 0 Å². The minimum absolute atomic E-state index is 0.133. The van der Waals surface area contributed by atoms with Gasteiger partial charge in [0.2, 0.25) is 5.91 Å². The highest BCUT2D eigenvalue weighted by atomic mass is 16.5. The number of nitrogens with zero attached hydrogens (tertiary/aromatic N) is 3. The molecule has 3 rings (SSSR count). The van der Waals surface area contributed by atoms with Gasteiger partial charge in [-0.15, -0.1) is 0 Å². The second-order valence-corrected chi connectivity index (χ2v) is 5.51. The topological polar surface area (TPSA) is 91.4 Å². The average molecular weight is 320 g/mol. The van der Waals surface area contributed by atoms with Crippen molar-refractivity contribution in [1.82, 2.24) is 20.3 Å². The summed E-state index contributed by atoms with van der Waals surface area (Å²) in [5, 5.41) is 10.9. The van der Waals surface area contributed by atoms with Crippen LogP contribution in [0.3, 0.4) is 0 Å². The molecule has 23 heavy (non-hydrogen) atoms. The molecule has 8 nitrogen and oxygen atoms in total. The monoisotopic (exact) mass is 320 g/mol. The summed E-state index contributed by atoms with van der Waals surface area (Å²) in [5.74, 6) is 1.23. The van der Waals surface area contributed by atoms with Gasteiger partial charge >= 0.3 is 0 Å². The zero-order valence-corrected chi connectivity index (χ0v) is 13.2. The van der Waals surface area contributed by atoms with Crippen LogP contribution in [0.4, 0.5) is 0 Å². The Bertz CT molecular complexity index is 666. The Morgan fingerprint density at radius 3 is 3.09 bits per heavy atom. The Balaban J connectivity index is 1.54. The maximum atomic E-state index is 12.1. The predicted molar refractivity (Wildman–Crippen MR) is 80.0 cm³/mol. The molecule has 3 heterocycles. The van der Waals surface area contributed by atoms with Crippen LogP contribution in [0.5, 0.6) is 5.75 Å². The van der Waals surface area contributed by atoms with Crippen LogP contribution >= 0.6 is 0 Å². The van der Waals surface area contributed by atoms with Gasteiger partial charge in [0.05, 0.1) is 43.8 Å². The average Bonchev–Trinajstić information content (AvgIpc) is 3.23. The van der Waals surface area contributed by atoms with Gasteiger partial charge in [-0.25, -0.2) is 0 Å². The highest BCUT2D eigenvalue weighted by molar-refractivity contribution is 5.78. The van der Waals surface area contributed by atoms with E-state index in [0.717, 1.165) is 6.54 Å². The van der Waals surface area contributed by atoms with Gasteiger partial charge in [-0.1, -0.05) is 5.16 Å². The number of rotatable bonds is 6. The van der Waals surface area contributed by atoms with E-state index in [-0.39, 0.29) is 24.5 Å². The lowest BCUT2D eigenvalue weighted by Gasteiger charge is -2.19. The van der Waals surface area contributed by atoms with E-state index in [1.807, 2.05) is 13.1 Å². The van der Waals surface area contributed by atoms with Crippen molar-refractivity contribution in [3.8, 4) is 5.75 Å². The first-order valence-electron chi connectivity index (χ1n) is 7.62. The van der Waals surface area contributed by atoms with Crippen LogP contribution in [-0.4, -0.2) is 46.2 Å². The Morgan fingerprint density at radius 1 is 1.52 bits per heavy atom. The molecule has 1 fully saturated rings. The highest BCUT2D eigenvalue weighted by Crippen LogP contribution is 2.16. The number of carbonyl (C=O) groups excluding carboxylic acids is 1. The fourth-order valence-corrected chi connectivity index (χ4v) is 2.46. The van der Waals surface area contributed by atoms with Crippen molar-refractivity contribution < 1.29 is 18.8 Å². The van der Waals surface area contributed by atoms with E-state index in [2.05, 4.69) is 15.6 Å². The third kappa shape index (κ3) is 3.89. The fraction of sp³-hybridized carbons (Fsp3) is 0.533. The Morgan fingerprint density at radius 2 is 2.39 bits per heavy atom. The summed E-state index contributed by atoms with van der Waals surface area (Å²) in [6.45, 7) is 5.44. The summed E-state index contributed by atoms with van der Waals surface area (Å²) >= 11 is 0. The number of hydrogen-bond acceptors (Lipinski definition) is 6. The molecule has 0 aromatic carbocycles. The Labute approximate surface area is 133 Å². The van der Waals surface area contributed by atoms with Crippen molar-refractivity contribution in [2.45, 2.75) is 39.0 Å². The minimum atomic E-state index is -0.229. The SMILES string of the molecule is CCn1cc(O[C@@H]2COC[C@@H]2NC(=O)Cc2cc(C)on2)cn1. The van der Waals surface area contributed by atoms with E-state index in [9.17, 15) is 4.79 Å². The number of amides is 1. The van der Waals surface area contributed by atoms with Crippen molar-refractivity contribution >= 4 is 5.91 Å². The van der Waals surface area contributed by atoms with Gasteiger partial charge in [-0.05, 0) is 13.8 Å². The summed E-state index contributed by atoms with van der Waals surface area (Å²) in [6, 6.07) is 1.55. The molecule has 1 aliphatic heterocycles. The zero-order chi connectivity index (χ0) is 16.2. The van der Waals surface area contributed by atoms with E-state index in [1.165, 1.54) is 0 Å². The summed E-state index contributed by atoms with van der Waals surface area (Å²) in [7, 11) is 0. The smallest absolute Gasteiger partial charge is 0.226 e. The molecule has 0 bridgehead atoms. The maximum Gasteiger partial charge on any atom is 0.226 e. The van der Waals surface area contributed by atoms with Crippen LogP contribution < -0.4 is 10.1 Å². The summed E-state index contributed by atoms with van der Waals surface area (Å²) < 4.78 is 18.0. The third-order valence-corrected chi connectivity index (χ3v) is 3.61. The molecule has 0 spiro atoms. The van der Waals surface area contributed by atoms with Gasteiger partial charge in [0.25, 0.3) is 0 Å². The van der Waals surface area contributed by atoms with Crippen LogP contribution in [0, 0.1) is 6.92 Å². The zero-order valence-electron chi connectivity index (χ0n) is 13.2. The van der Waals surface area contributed by atoms with E-state index in [1.54, 1.807) is 23.9 Å². The molecular weight excluding hydrogens is 300 g/mol. The first kappa shape index (κ1) is 15.5. The minimum Gasteiger partial charge on any atom is -0.482 e. The van der Waals surface area contributed by atoms with Gasteiger partial charge in [-0.3, -0.25) is 9.48 Å². The maximum absolute atomic E-state index is 12.1. The molecule has 0 saturated carbocycles. The summed E-state index contributed by atoms with van der Waals surface area (Å²) in [5.41, 5.74) is 0.612. The molecule has 2 aromatic rings. The van der Waals surface area contributed by atoms with Crippen molar-refractivity contribution in [2.24, 2.45) is 0 Å². The Kier molecular flexibility index (Phi) is 4.61. The molecule has 2 atom stereocenters. The van der Waals surface area contributed by atoms with Crippen molar-refractivity contribution in [3.63, 3.8) is 0 Å². The van der Waals surface area contributed by atoms with Gasteiger partial charge in [0.1, 0.15) is 11.9 Å². The third-order valence-electron chi connectivity index (χ3n) is 3.61. The first-order chi connectivity index (χ1) is 11.1. The van der Waals surface area contributed by atoms with Gasteiger partial charge in [0.15, 0.2) is 5.75 Å². The molecule has 8 heteroatoms. The molecule has 1 saturated heterocycles. The van der Waals surface area contributed by atoms with Gasteiger partial charge in [-0.2, -0.15) is 5.10 Å². The largest absolute Gasteiger partial charge is 0.482 e. The molecule has 1 aliphatic rings. The summed E-state index contributed by atoms with van der Waals surface area (Å²) in [4.78, 5) is 12.1. The molecule has 0 radical (unpaired) electrons. The molecule has 1 amide bonds. The van der Waals surface area contributed by atoms with E-state index in [0.29, 0.717) is 30.4 Å². The number of carbonyl (C=O) groups is 1. The highest BCUT2D eigenvalue weighted by Gasteiger charge is 2.31. The number of nitrogens with one attached hydrogen (secondary N) is 1. The molecular formula is C15H20N4O4. The van der Waals surface area contributed by atoms with Gasteiger partial charge in [0, 0.05) is 12.6 Å². The number of ether oxygens (including phenoxy) is 2. The molecule has 1 N–H and O–H groups in total. The van der Waals surface area contributed by atoms with Crippen LogP contribution in [0.1, 0.15) is 18.4 Å². The van der Waals surface area contributed by atoms with E-state index >= 15 is 0 Å². The van der Waals surface area contributed by atoms with Crippen molar-refractivity contribution in [1.29, 1.82) is 0 Å². The van der Waals surface area contributed by atoms with Gasteiger partial charge < -0.3 is 19.3 Å². The summed E-state index contributed by atoms with van der Waals surface area (Å²) in [6.07, 6.45) is 3.44. The number of hydrogen-bond donors (Lipinski definition) is 1. The molecule has 2 aromatic heterocycles. The Hall–Kier alpha value is -2.35. The number of aromatic nitrogens is 3. The lowest BCUT2D eigenvalue weighted by molar-refractivity contribution is -0.121. The molecule has 0 unspecified atom stereocenters. The first-order valence-corrected chi connectivity index (χ1v) is 7.62. The lowest BCUT2D eigenvalue weighted by atomic mass is 10.2. The second kappa shape index (κ2) is 6.82. The molecule has 124 valence electrons. The second-order valence-electron chi connectivity index (χ2n) is 5.51. The van der Waals surface area contributed by atoms with Crippen LogP contribution in [0.25, 0.3) is 0 Å². The van der Waals surface area contributed by atoms with Crippen molar-refractivity contribution in [2.75, 3.05) is 13.2 Å². The quantitative estimate of drug-likeness (QED) is 0.842. The normalized spacial score (nSPS) is 20.6. The van der Waals surface area contributed by atoms with Crippen LogP contribution in [-0.2, 0) is 22.5 Å². The van der Waals surface area contributed by atoms with Crippen molar-refractivity contribution in [3.05, 3.63) is 29.9 Å². The number of aryl methyl sites for hydroxylation is 2. The van der Waals surface area contributed by atoms with E-state index < -0.39 is 0 Å². The van der Waals surface area contributed by atoms with E-state index in [4.69, 9.17) is 14.0 Å².